The van der Waals surface area contributed by atoms with E-state index in [4.69, 9.17) is 11.6 Å². The normalized spacial score (nSPS) is 11.6. The first-order chi connectivity index (χ1) is 8.76. The van der Waals surface area contributed by atoms with E-state index in [1.165, 1.54) is 0 Å². The van der Waals surface area contributed by atoms with E-state index in [0.717, 1.165) is 22.7 Å². The lowest BCUT2D eigenvalue weighted by molar-refractivity contribution is 1.12. The Morgan fingerprint density at radius 2 is 2.22 bits per heavy atom. The number of aliphatic imine (C=N–C) groups is 2. The SMILES string of the molecule is C=Nc1ccc(Cl)cc1C(=NCC)c1ccc[nH]1. The maximum atomic E-state index is 6.05. The van der Waals surface area contributed by atoms with Gasteiger partial charge in [0.2, 0.25) is 0 Å². The van der Waals surface area contributed by atoms with Crippen molar-refractivity contribution < 1.29 is 0 Å². The Bertz CT molecular complexity index is 571. The van der Waals surface area contributed by atoms with Gasteiger partial charge in [0.15, 0.2) is 0 Å². The second kappa shape index (κ2) is 5.65. The number of nitrogens with one attached hydrogen (secondary N) is 1. The fourth-order valence-electron chi connectivity index (χ4n) is 1.79. The highest BCUT2D eigenvalue weighted by molar-refractivity contribution is 6.31. The molecule has 1 heterocycles. The van der Waals surface area contributed by atoms with E-state index in [0.29, 0.717) is 11.6 Å². The molecule has 1 aromatic carbocycles. The van der Waals surface area contributed by atoms with Crippen LogP contribution < -0.4 is 0 Å². The Hall–Kier alpha value is -1.87. The molecule has 1 N–H and O–H groups in total. The van der Waals surface area contributed by atoms with Crippen molar-refractivity contribution in [3.8, 4) is 0 Å². The molecule has 0 atom stereocenters. The number of hydrogen-bond donors (Lipinski definition) is 1. The van der Waals surface area contributed by atoms with Crippen LogP contribution in [0.25, 0.3) is 0 Å². The van der Waals surface area contributed by atoms with E-state index in [-0.39, 0.29) is 0 Å². The molecule has 0 aliphatic carbocycles. The van der Waals surface area contributed by atoms with Crippen molar-refractivity contribution in [2.24, 2.45) is 9.98 Å². The summed E-state index contributed by atoms with van der Waals surface area (Å²) in [6.07, 6.45) is 1.87. The van der Waals surface area contributed by atoms with Crippen LogP contribution in [-0.2, 0) is 0 Å². The van der Waals surface area contributed by atoms with Crippen molar-refractivity contribution in [1.29, 1.82) is 0 Å². The van der Waals surface area contributed by atoms with Crippen LogP contribution in [0.15, 0.2) is 46.5 Å². The topological polar surface area (TPSA) is 40.5 Å². The van der Waals surface area contributed by atoms with Crippen LogP contribution in [0.4, 0.5) is 5.69 Å². The summed E-state index contributed by atoms with van der Waals surface area (Å²) in [6.45, 7) is 6.27. The molecule has 92 valence electrons. The summed E-state index contributed by atoms with van der Waals surface area (Å²) in [5.41, 5.74) is 3.47. The molecule has 2 rings (SSSR count). The molecule has 0 aliphatic rings. The lowest BCUT2D eigenvalue weighted by Crippen LogP contribution is -2.05. The Labute approximate surface area is 111 Å². The van der Waals surface area contributed by atoms with Crippen molar-refractivity contribution in [3.63, 3.8) is 0 Å². The van der Waals surface area contributed by atoms with Crippen LogP contribution in [0.5, 0.6) is 0 Å². The molecule has 18 heavy (non-hydrogen) atoms. The number of benzene rings is 1. The van der Waals surface area contributed by atoms with Gasteiger partial charge in [0.1, 0.15) is 0 Å². The Kier molecular flexibility index (Phi) is 3.95. The smallest absolute Gasteiger partial charge is 0.0903 e. The number of aromatic nitrogens is 1. The Morgan fingerprint density at radius 1 is 1.39 bits per heavy atom. The van der Waals surface area contributed by atoms with Crippen molar-refractivity contribution in [1.82, 2.24) is 4.98 Å². The average Bonchev–Trinajstić information content (AvgIpc) is 2.89. The second-order valence-corrected chi connectivity index (χ2v) is 4.16. The molecule has 0 radical (unpaired) electrons. The maximum absolute atomic E-state index is 6.05. The van der Waals surface area contributed by atoms with Crippen molar-refractivity contribution in [3.05, 3.63) is 52.8 Å². The highest BCUT2D eigenvalue weighted by atomic mass is 35.5. The second-order valence-electron chi connectivity index (χ2n) is 3.73. The van der Waals surface area contributed by atoms with E-state index >= 15 is 0 Å². The first-order valence-electron chi connectivity index (χ1n) is 5.71. The van der Waals surface area contributed by atoms with Crippen LogP contribution in [-0.4, -0.2) is 24.0 Å². The minimum Gasteiger partial charge on any atom is -0.360 e. The van der Waals surface area contributed by atoms with E-state index in [1.807, 2.05) is 37.4 Å². The molecular weight excluding hydrogens is 246 g/mol. The van der Waals surface area contributed by atoms with Gasteiger partial charge in [0.25, 0.3) is 0 Å². The molecule has 0 fully saturated rings. The fourth-order valence-corrected chi connectivity index (χ4v) is 1.96. The quantitative estimate of drug-likeness (QED) is 0.810. The summed E-state index contributed by atoms with van der Waals surface area (Å²) in [5, 5.41) is 0.660. The highest BCUT2D eigenvalue weighted by Crippen LogP contribution is 2.25. The molecule has 0 unspecified atom stereocenters. The van der Waals surface area contributed by atoms with Crippen molar-refractivity contribution >= 4 is 29.7 Å². The lowest BCUT2D eigenvalue weighted by atomic mass is 10.1. The average molecular weight is 260 g/mol. The molecule has 4 heteroatoms. The minimum absolute atomic E-state index is 0.660. The zero-order valence-corrected chi connectivity index (χ0v) is 10.9. The Morgan fingerprint density at radius 3 is 2.83 bits per heavy atom. The van der Waals surface area contributed by atoms with Gasteiger partial charge in [-0.25, -0.2) is 0 Å². The van der Waals surface area contributed by atoms with Crippen LogP contribution in [0.1, 0.15) is 18.2 Å². The van der Waals surface area contributed by atoms with Gasteiger partial charge in [-0.3, -0.25) is 9.98 Å². The Balaban J connectivity index is 2.59. The van der Waals surface area contributed by atoms with E-state index in [2.05, 4.69) is 21.7 Å². The summed E-state index contributed by atoms with van der Waals surface area (Å²) in [7, 11) is 0. The summed E-state index contributed by atoms with van der Waals surface area (Å²) in [4.78, 5) is 11.7. The monoisotopic (exact) mass is 259 g/mol. The van der Waals surface area contributed by atoms with E-state index in [9.17, 15) is 0 Å². The van der Waals surface area contributed by atoms with Crippen LogP contribution >= 0.6 is 11.6 Å². The highest BCUT2D eigenvalue weighted by Gasteiger charge is 2.12. The number of rotatable bonds is 4. The molecule has 0 aliphatic heterocycles. The molecule has 0 spiro atoms. The van der Waals surface area contributed by atoms with Gasteiger partial charge in [-0.15, -0.1) is 0 Å². The number of nitrogens with zero attached hydrogens (tertiary/aromatic N) is 2. The molecule has 0 bridgehead atoms. The standard InChI is InChI=1S/C14H14ClN3/c1-3-17-14(13-5-4-8-18-13)11-9-10(15)6-7-12(11)16-2/h4-9,18H,2-3H2,1H3. The van der Waals surface area contributed by atoms with Gasteiger partial charge < -0.3 is 4.98 Å². The van der Waals surface area contributed by atoms with Gasteiger partial charge in [0.05, 0.1) is 17.1 Å². The number of H-pyrrole nitrogens is 1. The number of halogens is 1. The fraction of sp³-hybridized carbons (Fsp3) is 0.143. The largest absolute Gasteiger partial charge is 0.360 e. The summed E-state index contributed by atoms with van der Waals surface area (Å²) in [6, 6.07) is 9.42. The van der Waals surface area contributed by atoms with Gasteiger partial charge in [0, 0.05) is 23.3 Å². The number of hydrogen-bond acceptors (Lipinski definition) is 2. The van der Waals surface area contributed by atoms with E-state index in [1.54, 1.807) is 6.07 Å². The molecule has 1 aromatic heterocycles. The third-order valence-electron chi connectivity index (χ3n) is 2.55. The predicted molar refractivity (Wildman–Crippen MR) is 77.6 cm³/mol. The third-order valence-corrected chi connectivity index (χ3v) is 2.79. The molecule has 3 nitrogen and oxygen atoms in total. The van der Waals surface area contributed by atoms with Crippen molar-refractivity contribution in [2.45, 2.75) is 6.92 Å². The molecule has 0 saturated carbocycles. The third kappa shape index (κ3) is 2.51. The predicted octanol–water partition coefficient (Wildman–Crippen LogP) is 3.86. The first-order valence-corrected chi connectivity index (χ1v) is 6.09. The van der Waals surface area contributed by atoms with E-state index < -0.39 is 0 Å². The maximum Gasteiger partial charge on any atom is 0.0903 e. The zero-order chi connectivity index (χ0) is 13.0. The van der Waals surface area contributed by atoms with Crippen LogP contribution in [0.3, 0.4) is 0 Å². The molecule has 0 amide bonds. The lowest BCUT2D eigenvalue weighted by Gasteiger charge is -2.08. The molecular formula is C14H14ClN3. The van der Waals surface area contributed by atoms with Crippen LogP contribution in [0.2, 0.25) is 5.02 Å². The van der Waals surface area contributed by atoms with Crippen LogP contribution in [0, 0.1) is 0 Å². The molecule has 2 aromatic rings. The van der Waals surface area contributed by atoms with Crippen molar-refractivity contribution in [2.75, 3.05) is 6.54 Å². The first kappa shape index (κ1) is 12.6. The van der Waals surface area contributed by atoms with Gasteiger partial charge in [-0.05, 0) is 44.0 Å². The number of aromatic amines is 1. The minimum atomic E-state index is 0.660. The zero-order valence-electron chi connectivity index (χ0n) is 10.2. The molecule has 0 saturated heterocycles. The van der Waals surface area contributed by atoms with Gasteiger partial charge >= 0.3 is 0 Å². The van der Waals surface area contributed by atoms with Gasteiger partial charge in [-0.1, -0.05) is 11.6 Å². The summed E-state index contributed by atoms with van der Waals surface area (Å²) >= 11 is 6.05. The van der Waals surface area contributed by atoms with Gasteiger partial charge in [-0.2, -0.15) is 0 Å². The summed E-state index contributed by atoms with van der Waals surface area (Å²) < 4.78 is 0. The summed E-state index contributed by atoms with van der Waals surface area (Å²) in [5.74, 6) is 0.